The number of nitrogens with one attached hydrogen (secondary N) is 1. The summed E-state index contributed by atoms with van der Waals surface area (Å²) in [7, 11) is 1.62. The molecular formula is C28H30FN3O2. The van der Waals surface area contributed by atoms with Crippen LogP contribution in [0.25, 0.3) is 0 Å². The third-order valence-electron chi connectivity index (χ3n) is 7.17. The van der Waals surface area contributed by atoms with E-state index in [1.54, 1.807) is 19.2 Å². The molecule has 0 unspecified atom stereocenters. The molecule has 0 aliphatic carbocycles. The fraction of sp³-hybridized carbons (Fsp3) is 0.321. The van der Waals surface area contributed by atoms with Crippen LogP contribution in [0.5, 0.6) is 5.75 Å². The molecule has 3 aromatic carbocycles. The third kappa shape index (κ3) is 4.38. The molecule has 1 saturated heterocycles. The second-order valence-corrected chi connectivity index (χ2v) is 9.45. The van der Waals surface area contributed by atoms with E-state index in [1.165, 1.54) is 17.2 Å². The summed E-state index contributed by atoms with van der Waals surface area (Å²) >= 11 is 0. The van der Waals surface area contributed by atoms with Gasteiger partial charge in [-0.2, -0.15) is 0 Å². The van der Waals surface area contributed by atoms with E-state index >= 15 is 0 Å². The number of urea groups is 1. The lowest BCUT2D eigenvalue weighted by Crippen LogP contribution is -2.46. The first-order valence-corrected chi connectivity index (χ1v) is 11.8. The first kappa shape index (κ1) is 22.4. The zero-order valence-electron chi connectivity index (χ0n) is 19.7. The topological polar surface area (TPSA) is 44.8 Å². The normalized spacial score (nSPS) is 17.0. The number of ether oxygens (including phenoxy) is 1. The number of likely N-dealkylation sites (tertiary alicyclic amines) is 1. The van der Waals surface area contributed by atoms with Gasteiger partial charge in [0.2, 0.25) is 0 Å². The minimum absolute atomic E-state index is 0.0585. The summed E-state index contributed by atoms with van der Waals surface area (Å²) in [6, 6.07) is 20.5. The van der Waals surface area contributed by atoms with Crippen molar-refractivity contribution >= 4 is 17.4 Å². The van der Waals surface area contributed by atoms with Crippen LogP contribution >= 0.6 is 0 Å². The van der Waals surface area contributed by atoms with Gasteiger partial charge in [0.05, 0.1) is 7.11 Å². The van der Waals surface area contributed by atoms with Crippen molar-refractivity contribution in [2.45, 2.75) is 31.7 Å². The maximum atomic E-state index is 13.6. The molecule has 2 amide bonds. The molecule has 1 N–H and O–H groups in total. The Morgan fingerprint density at radius 3 is 2.53 bits per heavy atom. The standard InChI is InChI=1S/C28H30FN3O2/c1-20-6-11-26-25(16-20)28(12-14-31(15-13-28)18-21-4-3-5-22(29)17-21)19-32(26)27(33)30-23-7-9-24(34-2)10-8-23/h3-11,16-17H,12-15,18-19H2,1-2H3,(H,30,33). The number of benzene rings is 3. The predicted octanol–water partition coefficient (Wildman–Crippen LogP) is 5.73. The summed E-state index contributed by atoms with van der Waals surface area (Å²) < 4.78 is 18.8. The van der Waals surface area contributed by atoms with Crippen LogP contribution in [0.15, 0.2) is 66.7 Å². The maximum absolute atomic E-state index is 13.6. The monoisotopic (exact) mass is 459 g/mol. The molecule has 34 heavy (non-hydrogen) atoms. The van der Waals surface area contributed by atoms with Crippen LogP contribution in [0.4, 0.5) is 20.6 Å². The molecule has 5 nitrogen and oxygen atoms in total. The van der Waals surface area contributed by atoms with E-state index in [2.05, 4.69) is 35.3 Å². The van der Waals surface area contributed by atoms with Crippen LogP contribution in [0.2, 0.25) is 0 Å². The second-order valence-electron chi connectivity index (χ2n) is 9.45. The molecule has 0 saturated carbocycles. The van der Waals surface area contributed by atoms with Gasteiger partial charge in [0.1, 0.15) is 11.6 Å². The smallest absolute Gasteiger partial charge is 0.326 e. The van der Waals surface area contributed by atoms with Crippen molar-refractivity contribution in [3.05, 3.63) is 89.2 Å². The van der Waals surface area contributed by atoms with E-state index in [1.807, 2.05) is 35.2 Å². The van der Waals surface area contributed by atoms with Crippen molar-refractivity contribution in [3.63, 3.8) is 0 Å². The molecular weight excluding hydrogens is 429 g/mol. The number of fused-ring (bicyclic) bond motifs is 2. The van der Waals surface area contributed by atoms with Crippen molar-refractivity contribution in [3.8, 4) is 5.75 Å². The minimum Gasteiger partial charge on any atom is -0.497 e. The number of aryl methyl sites for hydroxylation is 1. The number of amides is 2. The molecule has 1 spiro atoms. The van der Waals surface area contributed by atoms with Crippen molar-refractivity contribution in [1.82, 2.24) is 4.90 Å². The Morgan fingerprint density at radius 1 is 1.06 bits per heavy atom. The summed E-state index contributed by atoms with van der Waals surface area (Å²) in [6.45, 7) is 5.35. The number of nitrogens with zero attached hydrogens (tertiary/aromatic N) is 2. The summed E-state index contributed by atoms with van der Waals surface area (Å²) in [5.41, 5.74) is 5.15. The maximum Gasteiger partial charge on any atom is 0.326 e. The molecule has 2 aliphatic rings. The lowest BCUT2D eigenvalue weighted by Gasteiger charge is -2.40. The highest BCUT2D eigenvalue weighted by atomic mass is 19.1. The number of piperidine rings is 1. The van der Waals surface area contributed by atoms with Crippen molar-refractivity contribution in [1.29, 1.82) is 0 Å². The van der Waals surface area contributed by atoms with E-state index in [0.717, 1.165) is 55.2 Å². The molecule has 0 aromatic heterocycles. The average Bonchev–Trinajstić information content (AvgIpc) is 3.14. The van der Waals surface area contributed by atoms with E-state index in [0.29, 0.717) is 6.54 Å². The largest absolute Gasteiger partial charge is 0.497 e. The molecule has 0 bridgehead atoms. The van der Waals surface area contributed by atoms with E-state index in [4.69, 9.17) is 4.74 Å². The van der Waals surface area contributed by atoms with Gasteiger partial charge in [-0.1, -0.05) is 29.8 Å². The number of methoxy groups -OCH3 is 1. The second kappa shape index (κ2) is 9.11. The van der Waals surface area contributed by atoms with E-state index in [9.17, 15) is 9.18 Å². The summed E-state index contributed by atoms with van der Waals surface area (Å²) in [6.07, 6.45) is 1.93. The molecule has 5 rings (SSSR count). The number of hydrogen-bond donors (Lipinski definition) is 1. The van der Waals surface area contributed by atoms with Gasteiger partial charge >= 0.3 is 6.03 Å². The Balaban J connectivity index is 1.33. The summed E-state index contributed by atoms with van der Waals surface area (Å²) in [5, 5.41) is 3.04. The molecule has 3 aromatic rings. The number of rotatable bonds is 4. The number of anilines is 2. The molecule has 2 aliphatic heterocycles. The van der Waals surface area contributed by atoms with Crippen molar-refractivity contribution in [2.24, 2.45) is 0 Å². The fourth-order valence-corrected chi connectivity index (χ4v) is 5.29. The van der Waals surface area contributed by atoms with Gasteiger partial charge in [0.15, 0.2) is 0 Å². The van der Waals surface area contributed by atoms with Gasteiger partial charge in [-0.3, -0.25) is 9.80 Å². The number of carbonyl (C=O) groups is 1. The SMILES string of the molecule is COc1ccc(NC(=O)N2CC3(CCN(Cc4cccc(F)c4)CC3)c3cc(C)ccc32)cc1. The summed E-state index contributed by atoms with van der Waals surface area (Å²) in [5.74, 6) is 0.564. The Morgan fingerprint density at radius 2 is 1.82 bits per heavy atom. The lowest BCUT2D eigenvalue weighted by atomic mass is 9.74. The van der Waals surface area contributed by atoms with Gasteiger partial charge in [0.25, 0.3) is 0 Å². The van der Waals surface area contributed by atoms with Crippen molar-refractivity contribution in [2.75, 3.05) is 37.0 Å². The van der Waals surface area contributed by atoms with Crippen LogP contribution in [0.3, 0.4) is 0 Å². The lowest BCUT2D eigenvalue weighted by molar-refractivity contribution is 0.160. The first-order chi connectivity index (χ1) is 16.5. The molecule has 176 valence electrons. The minimum atomic E-state index is -0.190. The Bertz CT molecular complexity index is 1190. The third-order valence-corrected chi connectivity index (χ3v) is 7.17. The molecule has 1 fully saturated rings. The first-order valence-electron chi connectivity index (χ1n) is 11.8. The highest BCUT2D eigenvalue weighted by molar-refractivity contribution is 6.03. The molecule has 6 heteroatoms. The fourth-order valence-electron chi connectivity index (χ4n) is 5.29. The summed E-state index contributed by atoms with van der Waals surface area (Å²) in [4.78, 5) is 17.6. The van der Waals surface area contributed by atoms with Crippen LogP contribution in [0.1, 0.15) is 29.5 Å². The van der Waals surface area contributed by atoms with E-state index in [-0.39, 0.29) is 17.3 Å². The number of hydrogen-bond acceptors (Lipinski definition) is 3. The number of halogens is 1. The predicted molar refractivity (Wildman–Crippen MR) is 133 cm³/mol. The Hall–Kier alpha value is -3.38. The highest BCUT2D eigenvalue weighted by Crippen LogP contribution is 2.47. The van der Waals surface area contributed by atoms with Crippen LogP contribution in [-0.2, 0) is 12.0 Å². The van der Waals surface area contributed by atoms with Crippen LogP contribution in [0, 0.1) is 12.7 Å². The van der Waals surface area contributed by atoms with Gasteiger partial charge in [0, 0.05) is 29.9 Å². The quantitative estimate of drug-likeness (QED) is 0.542. The Kier molecular flexibility index (Phi) is 6.00. The van der Waals surface area contributed by atoms with Crippen LogP contribution < -0.4 is 15.0 Å². The average molecular weight is 460 g/mol. The van der Waals surface area contributed by atoms with Gasteiger partial charge in [-0.25, -0.2) is 9.18 Å². The molecule has 0 radical (unpaired) electrons. The van der Waals surface area contributed by atoms with Crippen LogP contribution in [-0.4, -0.2) is 37.7 Å². The Labute approximate surface area is 200 Å². The van der Waals surface area contributed by atoms with Crippen molar-refractivity contribution < 1.29 is 13.9 Å². The zero-order chi connectivity index (χ0) is 23.7. The molecule has 0 atom stereocenters. The van der Waals surface area contributed by atoms with Gasteiger partial charge < -0.3 is 10.1 Å². The highest BCUT2D eigenvalue weighted by Gasteiger charge is 2.46. The number of carbonyl (C=O) groups excluding carboxylic acids is 1. The zero-order valence-corrected chi connectivity index (χ0v) is 19.7. The van der Waals surface area contributed by atoms with Gasteiger partial charge in [-0.05, 0) is 86.4 Å². The molecule has 2 heterocycles. The van der Waals surface area contributed by atoms with Gasteiger partial charge in [-0.15, -0.1) is 0 Å². The van der Waals surface area contributed by atoms with E-state index < -0.39 is 0 Å².